The van der Waals surface area contributed by atoms with Crippen molar-refractivity contribution in [2.24, 2.45) is 5.73 Å². The molecule has 0 saturated heterocycles. The highest BCUT2D eigenvalue weighted by molar-refractivity contribution is 5.94. The van der Waals surface area contributed by atoms with Crippen LogP contribution in [0.25, 0.3) is 0 Å². The number of hydrogen-bond acceptors (Lipinski definition) is 3. The maximum Gasteiger partial charge on any atom is 0.257 e. The molecule has 0 aliphatic heterocycles. The molecule has 0 atom stereocenters. The molecule has 4 nitrogen and oxygen atoms in total. The Bertz CT molecular complexity index is 461. The standard InChI is InChI=1S/C13H17F3N2O2/c1-20-8-7-18(6-2-5-17)13(19)9-3-4-10(14)12(16)11(9)15/h3-4H,2,5-8,17H2,1H3. The Morgan fingerprint density at radius 3 is 2.55 bits per heavy atom. The minimum Gasteiger partial charge on any atom is -0.383 e. The Morgan fingerprint density at radius 2 is 1.95 bits per heavy atom. The summed E-state index contributed by atoms with van der Waals surface area (Å²) in [5, 5.41) is 0. The van der Waals surface area contributed by atoms with E-state index in [9.17, 15) is 18.0 Å². The molecule has 1 aromatic carbocycles. The van der Waals surface area contributed by atoms with Gasteiger partial charge in [-0.25, -0.2) is 13.2 Å². The fraction of sp³-hybridized carbons (Fsp3) is 0.462. The number of amides is 1. The van der Waals surface area contributed by atoms with Crippen LogP contribution in [0, 0.1) is 17.5 Å². The van der Waals surface area contributed by atoms with Gasteiger partial charge in [0.1, 0.15) is 0 Å². The van der Waals surface area contributed by atoms with Gasteiger partial charge in [-0.2, -0.15) is 0 Å². The Morgan fingerprint density at radius 1 is 1.25 bits per heavy atom. The second-order valence-corrected chi connectivity index (χ2v) is 4.15. The van der Waals surface area contributed by atoms with Crippen LogP contribution in [0.5, 0.6) is 0 Å². The SMILES string of the molecule is COCCN(CCCN)C(=O)c1ccc(F)c(F)c1F. The summed E-state index contributed by atoms with van der Waals surface area (Å²) in [5.74, 6) is -5.18. The summed E-state index contributed by atoms with van der Waals surface area (Å²) in [5.41, 5.74) is 4.86. The van der Waals surface area contributed by atoms with Gasteiger partial charge in [-0.05, 0) is 25.1 Å². The zero-order chi connectivity index (χ0) is 15.1. The Balaban J connectivity index is 2.96. The summed E-state index contributed by atoms with van der Waals surface area (Å²) in [6.07, 6.45) is 0.515. The van der Waals surface area contributed by atoms with Gasteiger partial charge in [0.05, 0.1) is 12.2 Å². The molecule has 0 fully saturated rings. The zero-order valence-electron chi connectivity index (χ0n) is 11.2. The molecular formula is C13H17F3N2O2. The van der Waals surface area contributed by atoms with Gasteiger partial charge in [-0.3, -0.25) is 4.79 Å². The Kier molecular flexibility index (Phi) is 6.47. The predicted molar refractivity (Wildman–Crippen MR) is 67.8 cm³/mol. The van der Waals surface area contributed by atoms with E-state index in [-0.39, 0.29) is 19.7 Å². The lowest BCUT2D eigenvalue weighted by Crippen LogP contribution is -2.36. The maximum atomic E-state index is 13.6. The van der Waals surface area contributed by atoms with E-state index < -0.39 is 28.9 Å². The number of carbonyl (C=O) groups excluding carboxylic acids is 1. The lowest BCUT2D eigenvalue weighted by Gasteiger charge is -2.22. The largest absolute Gasteiger partial charge is 0.383 e. The van der Waals surface area contributed by atoms with Crippen LogP contribution >= 0.6 is 0 Å². The van der Waals surface area contributed by atoms with Crippen molar-refractivity contribution >= 4 is 5.91 Å². The van der Waals surface area contributed by atoms with E-state index in [1.165, 1.54) is 12.0 Å². The summed E-state index contributed by atoms with van der Waals surface area (Å²) >= 11 is 0. The molecular weight excluding hydrogens is 273 g/mol. The Hall–Kier alpha value is -1.60. The molecule has 0 unspecified atom stereocenters. The average molecular weight is 290 g/mol. The zero-order valence-corrected chi connectivity index (χ0v) is 11.2. The molecule has 0 bridgehead atoms. The Labute approximate surface area is 115 Å². The molecule has 0 heterocycles. The molecule has 0 aromatic heterocycles. The van der Waals surface area contributed by atoms with Crippen molar-refractivity contribution in [3.8, 4) is 0 Å². The number of nitrogens with two attached hydrogens (primary N) is 1. The van der Waals surface area contributed by atoms with Crippen LogP contribution in [0.1, 0.15) is 16.8 Å². The first-order valence-electron chi connectivity index (χ1n) is 6.14. The number of rotatable bonds is 7. The van der Waals surface area contributed by atoms with Crippen LogP contribution in [-0.4, -0.2) is 44.2 Å². The van der Waals surface area contributed by atoms with Crippen molar-refractivity contribution in [3.63, 3.8) is 0 Å². The molecule has 0 aliphatic carbocycles. The summed E-state index contributed by atoms with van der Waals surface area (Å²) in [7, 11) is 1.46. The monoisotopic (exact) mass is 290 g/mol. The number of benzene rings is 1. The first-order chi connectivity index (χ1) is 9.52. The van der Waals surface area contributed by atoms with Crippen molar-refractivity contribution in [3.05, 3.63) is 35.1 Å². The first kappa shape index (κ1) is 16.5. The van der Waals surface area contributed by atoms with Gasteiger partial charge >= 0.3 is 0 Å². The normalized spacial score (nSPS) is 10.7. The van der Waals surface area contributed by atoms with Crippen LogP contribution in [-0.2, 0) is 4.74 Å². The topological polar surface area (TPSA) is 55.6 Å². The van der Waals surface area contributed by atoms with Gasteiger partial charge in [0.15, 0.2) is 17.5 Å². The highest BCUT2D eigenvalue weighted by Crippen LogP contribution is 2.17. The molecule has 7 heteroatoms. The van der Waals surface area contributed by atoms with Gasteiger partial charge in [0.25, 0.3) is 5.91 Å². The van der Waals surface area contributed by atoms with E-state index in [2.05, 4.69) is 0 Å². The number of hydrogen-bond donors (Lipinski definition) is 1. The van der Waals surface area contributed by atoms with E-state index in [0.29, 0.717) is 13.0 Å². The average Bonchev–Trinajstić information content (AvgIpc) is 2.44. The number of nitrogens with zero attached hydrogens (tertiary/aromatic N) is 1. The van der Waals surface area contributed by atoms with Gasteiger partial charge in [-0.15, -0.1) is 0 Å². The first-order valence-corrected chi connectivity index (χ1v) is 6.14. The summed E-state index contributed by atoms with van der Waals surface area (Å²) in [6.45, 7) is 1.11. The summed E-state index contributed by atoms with van der Waals surface area (Å²) in [6, 6.07) is 1.65. The fourth-order valence-corrected chi connectivity index (χ4v) is 1.66. The van der Waals surface area contributed by atoms with Gasteiger partial charge in [0.2, 0.25) is 0 Å². The lowest BCUT2D eigenvalue weighted by molar-refractivity contribution is 0.0688. The minimum absolute atomic E-state index is 0.216. The number of methoxy groups -OCH3 is 1. The molecule has 2 N–H and O–H groups in total. The smallest absolute Gasteiger partial charge is 0.257 e. The van der Waals surface area contributed by atoms with Gasteiger partial charge in [-0.1, -0.05) is 0 Å². The fourth-order valence-electron chi connectivity index (χ4n) is 1.66. The minimum atomic E-state index is -1.65. The summed E-state index contributed by atoms with van der Waals surface area (Å²) < 4.78 is 44.5. The van der Waals surface area contributed by atoms with E-state index in [1.54, 1.807) is 0 Å². The van der Waals surface area contributed by atoms with Crippen molar-refractivity contribution in [1.29, 1.82) is 0 Å². The molecule has 20 heavy (non-hydrogen) atoms. The van der Waals surface area contributed by atoms with E-state index >= 15 is 0 Å². The molecule has 0 saturated carbocycles. The van der Waals surface area contributed by atoms with Gasteiger partial charge in [0, 0.05) is 20.2 Å². The lowest BCUT2D eigenvalue weighted by atomic mass is 10.1. The molecule has 1 amide bonds. The van der Waals surface area contributed by atoms with E-state index in [4.69, 9.17) is 10.5 Å². The van der Waals surface area contributed by atoms with Crippen molar-refractivity contribution in [2.45, 2.75) is 6.42 Å². The molecule has 1 rings (SSSR count). The molecule has 0 spiro atoms. The van der Waals surface area contributed by atoms with Crippen LogP contribution in [0.2, 0.25) is 0 Å². The third-order valence-corrected chi connectivity index (χ3v) is 2.75. The number of halogens is 3. The van der Waals surface area contributed by atoms with Crippen LogP contribution in [0.4, 0.5) is 13.2 Å². The molecule has 0 aliphatic rings. The van der Waals surface area contributed by atoms with E-state index in [0.717, 1.165) is 12.1 Å². The number of carbonyl (C=O) groups is 1. The van der Waals surface area contributed by atoms with Crippen LogP contribution in [0.15, 0.2) is 12.1 Å². The second-order valence-electron chi connectivity index (χ2n) is 4.15. The van der Waals surface area contributed by atoms with E-state index in [1.807, 2.05) is 0 Å². The highest BCUT2D eigenvalue weighted by Gasteiger charge is 2.22. The maximum absolute atomic E-state index is 13.6. The second kappa shape index (κ2) is 7.86. The number of ether oxygens (including phenoxy) is 1. The molecule has 0 radical (unpaired) electrons. The third kappa shape index (κ3) is 3.94. The van der Waals surface area contributed by atoms with Crippen molar-refractivity contribution in [2.75, 3.05) is 33.4 Å². The van der Waals surface area contributed by atoms with Crippen molar-refractivity contribution < 1.29 is 22.7 Å². The van der Waals surface area contributed by atoms with Gasteiger partial charge < -0.3 is 15.4 Å². The summed E-state index contributed by atoms with van der Waals surface area (Å²) in [4.78, 5) is 13.4. The van der Waals surface area contributed by atoms with Crippen LogP contribution in [0.3, 0.4) is 0 Å². The molecule has 1 aromatic rings. The highest BCUT2D eigenvalue weighted by atomic mass is 19.2. The van der Waals surface area contributed by atoms with Crippen molar-refractivity contribution in [1.82, 2.24) is 4.90 Å². The molecule has 112 valence electrons. The predicted octanol–water partition coefficient (Wildman–Crippen LogP) is 1.54. The van der Waals surface area contributed by atoms with Crippen LogP contribution < -0.4 is 5.73 Å². The third-order valence-electron chi connectivity index (χ3n) is 2.75. The quantitative estimate of drug-likeness (QED) is 0.775.